The lowest BCUT2D eigenvalue weighted by Gasteiger charge is -2.40. The summed E-state index contributed by atoms with van der Waals surface area (Å²) in [5, 5.41) is 3.90. The molecule has 5 atom stereocenters. The number of hydrogen-bond acceptors (Lipinski definition) is 5. The molecule has 4 rings (SSSR count). The summed E-state index contributed by atoms with van der Waals surface area (Å²) in [6.07, 6.45) is 21.2. The predicted molar refractivity (Wildman–Crippen MR) is 134 cm³/mol. The number of hydrogen-bond donors (Lipinski definition) is 2. The largest absolute Gasteiger partial charge is 0.506 e. The van der Waals surface area contributed by atoms with Crippen LogP contribution in [0.1, 0.15) is 123 Å². The maximum Gasteiger partial charge on any atom is 0.506 e. The Bertz CT molecular complexity index is 626. The van der Waals surface area contributed by atoms with Gasteiger partial charge in [-0.25, -0.2) is 5.48 Å². The molecule has 1 heterocycles. The van der Waals surface area contributed by atoms with Crippen molar-refractivity contribution in [3.05, 3.63) is 0 Å². The van der Waals surface area contributed by atoms with E-state index in [-0.39, 0.29) is 17.0 Å². The van der Waals surface area contributed by atoms with Crippen LogP contribution in [0.2, 0.25) is 0 Å². The summed E-state index contributed by atoms with van der Waals surface area (Å²) >= 11 is 0. The third-order valence-corrected chi connectivity index (χ3v) is 9.89. The summed E-state index contributed by atoms with van der Waals surface area (Å²) in [6, 6.07) is 0.0289. The maximum atomic E-state index is 13.6. The Hall–Kier alpha value is -0.425. The van der Waals surface area contributed by atoms with E-state index in [1.165, 1.54) is 84.7 Å². The van der Waals surface area contributed by atoms with Crippen LogP contribution < -0.4 is 10.8 Å². The van der Waals surface area contributed by atoms with Gasteiger partial charge in [-0.05, 0) is 63.7 Å². The molecule has 1 radical (unpaired) electrons. The van der Waals surface area contributed by atoms with Crippen molar-refractivity contribution in [2.45, 2.75) is 141 Å². The number of Topliss-reactive ketones (excluding diaryl/α,β-unsaturated/α-hetero) is 1. The SMILES string of the molecule is CC12NC(CCCCNO[B]OC3CCCCCCC3)C(=O)C1(C)C1CCCCCCC2C1. The summed E-state index contributed by atoms with van der Waals surface area (Å²) in [4.78, 5) is 13.6. The molecule has 0 amide bonds. The molecule has 5 unspecified atom stereocenters. The smallest absolute Gasteiger partial charge is 0.410 e. The van der Waals surface area contributed by atoms with Crippen molar-refractivity contribution in [3.8, 4) is 0 Å². The van der Waals surface area contributed by atoms with Gasteiger partial charge in [0.2, 0.25) is 0 Å². The number of hydroxylamine groups is 1. The molecule has 33 heavy (non-hydrogen) atoms. The molecular formula is C27H48BN2O3. The lowest BCUT2D eigenvalue weighted by Crippen LogP contribution is -2.52. The zero-order valence-corrected chi connectivity index (χ0v) is 21.3. The Morgan fingerprint density at radius 3 is 2.27 bits per heavy atom. The Morgan fingerprint density at radius 1 is 0.909 bits per heavy atom. The first kappa shape index (κ1) is 25.7. The minimum absolute atomic E-state index is 0.0125. The average Bonchev–Trinajstić information content (AvgIpc) is 3.18. The maximum absolute atomic E-state index is 13.6. The van der Waals surface area contributed by atoms with Gasteiger partial charge in [0.1, 0.15) is 0 Å². The molecule has 1 aliphatic heterocycles. The standard InChI is InChI=1S/C27H48BN2O3/c1-26-21-14-8-6-7-9-15-22(20-21)27(26,2)30-24(25(26)31)18-12-13-19-29-33-28-32-23-16-10-4-3-5-11-17-23/h21-24,29-30H,3-20H2,1-2H3. The molecule has 0 aromatic carbocycles. The molecule has 3 aliphatic carbocycles. The van der Waals surface area contributed by atoms with E-state index in [0.717, 1.165) is 38.6 Å². The molecule has 187 valence electrons. The van der Waals surface area contributed by atoms with Crippen molar-refractivity contribution in [1.29, 1.82) is 0 Å². The molecule has 0 spiro atoms. The zero-order chi connectivity index (χ0) is 23.2. The quantitative estimate of drug-likeness (QED) is 0.266. The van der Waals surface area contributed by atoms with Crippen LogP contribution in [0.25, 0.3) is 0 Å². The lowest BCUT2D eigenvalue weighted by molar-refractivity contribution is -0.129. The van der Waals surface area contributed by atoms with Gasteiger partial charge in [0.15, 0.2) is 5.78 Å². The van der Waals surface area contributed by atoms with Crippen LogP contribution in [0.3, 0.4) is 0 Å². The number of ketones is 1. The molecular weight excluding hydrogens is 411 g/mol. The van der Waals surface area contributed by atoms with Crippen molar-refractivity contribution in [2.75, 3.05) is 6.54 Å². The summed E-state index contributed by atoms with van der Waals surface area (Å²) in [5.74, 6) is 1.73. The number of carbonyl (C=O) groups excluding carboxylic acids is 1. The topological polar surface area (TPSA) is 59.6 Å². The van der Waals surface area contributed by atoms with Gasteiger partial charge in [-0.15, -0.1) is 0 Å². The van der Waals surface area contributed by atoms with Gasteiger partial charge in [0, 0.05) is 23.6 Å². The van der Waals surface area contributed by atoms with Gasteiger partial charge in [-0.2, -0.15) is 0 Å². The van der Waals surface area contributed by atoms with Gasteiger partial charge in [-0.3, -0.25) is 4.79 Å². The Labute approximate surface area is 203 Å². The number of nitrogens with one attached hydrogen (secondary N) is 2. The van der Waals surface area contributed by atoms with Crippen molar-refractivity contribution < 1.29 is 14.2 Å². The monoisotopic (exact) mass is 459 g/mol. The predicted octanol–water partition coefficient (Wildman–Crippen LogP) is 5.64. The van der Waals surface area contributed by atoms with Gasteiger partial charge in [0.05, 0.1) is 6.04 Å². The summed E-state index contributed by atoms with van der Waals surface area (Å²) in [7, 11) is 1.49. The molecule has 5 nitrogen and oxygen atoms in total. The number of unbranched alkanes of at least 4 members (excludes halogenated alkanes) is 1. The summed E-state index contributed by atoms with van der Waals surface area (Å²) < 4.78 is 11.2. The Morgan fingerprint density at radius 2 is 1.55 bits per heavy atom. The van der Waals surface area contributed by atoms with Gasteiger partial charge in [-0.1, -0.05) is 71.1 Å². The molecule has 4 aliphatic rings. The number of fused-ring (bicyclic) bond motifs is 5. The molecule has 4 fully saturated rings. The Kier molecular flexibility index (Phi) is 9.34. The van der Waals surface area contributed by atoms with Crippen LogP contribution in [-0.4, -0.2) is 37.7 Å². The van der Waals surface area contributed by atoms with Crippen LogP contribution in [0.5, 0.6) is 0 Å². The second-order valence-corrected chi connectivity index (χ2v) is 11.8. The molecule has 2 N–H and O–H groups in total. The highest BCUT2D eigenvalue weighted by atomic mass is 16.7. The number of carbonyl (C=O) groups is 1. The molecule has 0 aromatic rings. The van der Waals surface area contributed by atoms with Crippen molar-refractivity contribution in [2.24, 2.45) is 17.3 Å². The molecule has 6 heteroatoms. The van der Waals surface area contributed by atoms with Crippen molar-refractivity contribution >= 4 is 13.5 Å². The minimum Gasteiger partial charge on any atom is -0.410 e. The number of rotatable bonds is 9. The molecule has 2 bridgehead atoms. The minimum atomic E-state index is -0.176. The fraction of sp³-hybridized carbons (Fsp3) is 0.963. The van der Waals surface area contributed by atoms with Gasteiger partial charge >= 0.3 is 7.69 Å². The van der Waals surface area contributed by atoms with E-state index in [1.807, 2.05) is 0 Å². The van der Waals surface area contributed by atoms with Crippen LogP contribution in [0, 0.1) is 17.3 Å². The fourth-order valence-electron chi connectivity index (χ4n) is 7.63. The van der Waals surface area contributed by atoms with Crippen molar-refractivity contribution in [3.63, 3.8) is 0 Å². The fourth-order valence-corrected chi connectivity index (χ4v) is 7.63. The summed E-state index contributed by atoms with van der Waals surface area (Å²) in [6.45, 7) is 5.46. The third kappa shape index (κ3) is 5.71. The first-order valence-electron chi connectivity index (χ1n) is 14.2. The average molecular weight is 460 g/mol. The molecule has 1 saturated heterocycles. The van der Waals surface area contributed by atoms with Gasteiger partial charge < -0.3 is 14.7 Å². The van der Waals surface area contributed by atoms with Gasteiger partial charge in [0.25, 0.3) is 0 Å². The van der Waals surface area contributed by atoms with Crippen LogP contribution >= 0.6 is 0 Å². The third-order valence-electron chi connectivity index (χ3n) is 9.89. The van der Waals surface area contributed by atoms with Crippen LogP contribution in [0.15, 0.2) is 0 Å². The second kappa shape index (κ2) is 12.0. The lowest BCUT2D eigenvalue weighted by atomic mass is 9.65. The van der Waals surface area contributed by atoms with Crippen LogP contribution in [0.4, 0.5) is 0 Å². The highest BCUT2D eigenvalue weighted by molar-refractivity contribution is 6.17. The normalized spacial score (nSPS) is 38.1. The zero-order valence-electron chi connectivity index (χ0n) is 21.3. The first-order valence-corrected chi connectivity index (χ1v) is 14.2. The van der Waals surface area contributed by atoms with E-state index < -0.39 is 0 Å². The van der Waals surface area contributed by atoms with E-state index in [2.05, 4.69) is 24.6 Å². The van der Waals surface area contributed by atoms with E-state index in [1.54, 1.807) is 0 Å². The van der Waals surface area contributed by atoms with E-state index in [9.17, 15) is 4.79 Å². The highest BCUT2D eigenvalue weighted by Crippen LogP contribution is 2.61. The van der Waals surface area contributed by atoms with E-state index in [0.29, 0.717) is 23.7 Å². The highest BCUT2D eigenvalue weighted by Gasteiger charge is 2.68. The second-order valence-electron chi connectivity index (χ2n) is 11.8. The molecule has 3 saturated carbocycles. The first-order chi connectivity index (χ1) is 16.1. The Balaban J connectivity index is 1.15. The summed E-state index contributed by atoms with van der Waals surface area (Å²) in [5.41, 5.74) is 2.82. The van der Waals surface area contributed by atoms with Crippen molar-refractivity contribution in [1.82, 2.24) is 10.8 Å². The van der Waals surface area contributed by atoms with E-state index in [4.69, 9.17) is 9.41 Å². The van der Waals surface area contributed by atoms with Crippen LogP contribution in [-0.2, 0) is 14.2 Å². The van der Waals surface area contributed by atoms with E-state index >= 15 is 0 Å². The molecule has 0 aromatic heterocycles.